The standard InChI is InChI=1S/C19H31N3O3S/c1-5-20-18(22-17-9-10-26(23,24)14-17)21-12-15-7-6-8-16(11-15)13-25-19(2,3)4/h6-8,11,17H,5,9-10,12-14H2,1-4H3,(H2,20,21,22). The van der Waals surface area contributed by atoms with Crippen LogP contribution in [-0.2, 0) is 27.7 Å². The Morgan fingerprint density at radius 3 is 2.65 bits per heavy atom. The molecule has 0 aromatic heterocycles. The summed E-state index contributed by atoms with van der Waals surface area (Å²) in [6, 6.07) is 8.12. The topological polar surface area (TPSA) is 79.8 Å². The van der Waals surface area contributed by atoms with Crippen LogP contribution in [0.25, 0.3) is 0 Å². The first kappa shape index (κ1) is 20.7. The minimum absolute atomic E-state index is 0.0654. The second kappa shape index (κ2) is 8.86. The molecule has 2 N–H and O–H groups in total. The molecule has 1 fully saturated rings. The first-order chi connectivity index (χ1) is 12.2. The minimum atomic E-state index is -2.91. The molecule has 0 bridgehead atoms. The molecule has 6 nitrogen and oxygen atoms in total. The second-order valence-corrected chi connectivity index (χ2v) is 9.89. The van der Waals surface area contributed by atoms with E-state index in [0.717, 1.165) is 17.7 Å². The molecule has 1 aliphatic heterocycles. The normalized spacial score (nSPS) is 20.2. The summed E-state index contributed by atoms with van der Waals surface area (Å²) in [6.45, 7) is 9.94. The van der Waals surface area contributed by atoms with Crippen LogP contribution in [-0.4, -0.2) is 44.1 Å². The van der Waals surface area contributed by atoms with E-state index in [-0.39, 0.29) is 23.1 Å². The summed E-state index contributed by atoms with van der Waals surface area (Å²) in [5, 5.41) is 6.42. The molecule has 146 valence electrons. The summed E-state index contributed by atoms with van der Waals surface area (Å²) in [7, 11) is -2.91. The van der Waals surface area contributed by atoms with Crippen molar-refractivity contribution in [2.45, 2.75) is 58.9 Å². The summed E-state index contributed by atoms with van der Waals surface area (Å²) in [5.74, 6) is 1.09. The largest absolute Gasteiger partial charge is 0.371 e. The smallest absolute Gasteiger partial charge is 0.191 e. The highest BCUT2D eigenvalue weighted by atomic mass is 32.2. The van der Waals surface area contributed by atoms with Gasteiger partial charge in [0.05, 0.1) is 30.3 Å². The number of sulfone groups is 1. The maximum atomic E-state index is 11.6. The lowest BCUT2D eigenvalue weighted by Gasteiger charge is -2.19. The average Bonchev–Trinajstić information content (AvgIpc) is 2.89. The Balaban J connectivity index is 1.98. The molecule has 7 heteroatoms. The van der Waals surface area contributed by atoms with Crippen molar-refractivity contribution < 1.29 is 13.2 Å². The van der Waals surface area contributed by atoms with Gasteiger partial charge in [0, 0.05) is 12.6 Å². The third-order valence-electron chi connectivity index (χ3n) is 4.00. The van der Waals surface area contributed by atoms with Gasteiger partial charge >= 0.3 is 0 Å². The highest BCUT2D eigenvalue weighted by Gasteiger charge is 2.28. The van der Waals surface area contributed by atoms with Gasteiger partial charge in [-0.15, -0.1) is 0 Å². The summed E-state index contributed by atoms with van der Waals surface area (Å²) in [4.78, 5) is 4.60. The van der Waals surface area contributed by atoms with Crippen molar-refractivity contribution in [3.63, 3.8) is 0 Å². The van der Waals surface area contributed by atoms with E-state index in [1.165, 1.54) is 0 Å². The fraction of sp³-hybridized carbons (Fsp3) is 0.632. The van der Waals surface area contributed by atoms with Crippen molar-refractivity contribution in [3.8, 4) is 0 Å². The molecule has 2 rings (SSSR count). The Morgan fingerprint density at radius 1 is 1.31 bits per heavy atom. The lowest BCUT2D eigenvalue weighted by molar-refractivity contribution is -0.0149. The highest BCUT2D eigenvalue weighted by molar-refractivity contribution is 7.91. The number of ether oxygens (including phenoxy) is 1. The molecule has 0 saturated carbocycles. The van der Waals surface area contributed by atoms with Crippen molar-refractivity contribution in [3.05, 3.63) is 35.4 Å². The Bertz CT molecular complexity index is 724. The van der Waals surface area contributed by atoms with E-state index < -0.39 is 9.84 Å². The zero-order valence-corrected chi connectivity index (χ0v) is 17.0. The third-order valence-corrected chi connectivity index (χ3v) is 5.77. The quantitative estimate of drug-likeness (QED) is 0.584. The van der Waals surface area contributed by atoms with Crippen LogP contribution < -0.4 is 10.6 Å². The SMILES string of the molecule is CCNC(=NCc1cccc(COC(C)(C)C)c1)NC1CCS(=O)(=O)C1. The maximum Gasteiger partial charge on any atom is 0.191 e. The minimum Gasteiger partial charge on any atom is -0.371 e. The Morgan fingerprint density at radius 2 is 2.04 bits per heavy atom. The first-order valence-electron chi connectivity index (χ1n) is 9.14. The van der Waals surface area contributed by atoms with Crippen molar-refractivity contribution in [1.82, 2.24) is 10.6 Å². The van der Waals surface area contributed by atoms with Gasteiger partial charge in [0.25, 0.3) is 0 Å². The van der Waals surface area contributed by atoms with Crippen molar-refractivity contribution >= 4 is 15.8 Å². The van der Waals surface area contributed by atoms with E-state index in [1.807, 2.05) is 45.9 Å². The fourth-order valence-corrected chi connectivity index (χ4v) is 4.38. The van der Waals surface area contributed by atoms with Gasteiger partial charge in [-0.3, -0.25) is 0 Å². The van der Waals surface area contributed by atoms with Crippen LogP contribution in [0, 0.1) is 0 Å². The number of nitrogens with zero attached hydrogens (tertiary/aromatic N) is 1. The van der Waals surface area contributed by atoms with Gasteiger partial charge in [-0.1, -0.05) is 24.3 Å². The zero-order chi connectivity index (χ0) is 19.2. The Kier molecular flexibility index (Phi) is 7.06. The summed E-state index contributed by atoms with van der Waals surface area (Å²) < 4.78 is 29.1. The molecule has 1 saturated heterocycles. The number of aliphatic imine (C=N–C) groups is 1. The lowest BCUT2D eigenvalue weighted by Crippen LogP contribution is -2.44. The number of nitrogens with one attached hydrogen (secondary N) is 2. The molecule has 0 amide bonds. The number of benzene rings is 1. The second-order valence-electron chi connectivity index (χ2n) is 7.66. The van der Waals surface area contributed by atoms with Gasteiger partial charge in [-0.05, 0) is 45.2 Å². The first-order valence-corrected chi connectivity index (χ1v) is 11.0. The van der Waals surface area contributed by atoms with Gasteiger partial charge in [-0.2, -0.15) is 0 Å². The van der Waals surface area contributed by atoms with Crippen LogP contribution in [0.5, 0.6) is 0 Å². The Labute approximate surface area is 157 Å². The molecular formula is C19H31N3O3S. The highest BCUT2D eigenvalue weighted by Crippen LogP contribution is 2.14. The molecule has 0 aliphatic carbocycles. The Hall–Kier alpha value is -1.60. The number of hydrogen-bond acceptors (Lipinski definition) is 4. The predicted octanol–water partition coefficient (Wildman–Crippen LogP) is 2.24. The zero-order valence-electron chi connectivity index (χ0n) is 16.2. The maximum absolute atomic E-state index is 11.6. The molecule has 1 unspecified atom stereocenters. The van der Waals surface area contributed by atoms with Crippen LogP contribution in [0.2, 0.25) is 0 Å². The number of hydrogen-bond donors (Lipinski definition) is 2. The van der Waals surface area contributed by atoms with E-state index in [1.54, 1.807) is 0 Å². The van der Waals surface area contributed by atoms with Gasteiger partial charge < -0.3 is 15.4 Å². The summed E-state index contributed by atoms with van der Waals surface area (Å²) >= 11 is 0. The molecular weight excluding hydrogens is 350 g/mol. The lowest BCUT2D eigenvalue weighted by atomic mass is 10.1. The monoisotopic (exact) mass is 381 g/mol. The van der Waals surface area contributed by atoms with Crippen molar-refractivity contribution in [2.75, 3.05) is 18.1 Å². The van der Waals surface area contributed by atoms with Crippen molar-refractivity contribution in [2.24, 2.45) is 4.99 Å². The molecule has 1 aromatic rings. The van der Waals surface area contributed by atoms with Gasteiger partial charge in [0.15, 0.2) is 15.8 Å². The van der Waals surface area contributed by atoms with Crippen LogP contribution in [0.4, 0.5) is 0 Å². The van der Waals surface area contributed by atoms with E-state index in [2.05, 4.69) is 21.7 Å². The third kappa shape index (κ3) is 7.33. The van der Waals surface area contributed by atoms with E-state index in [9.17, 15) is 8.42 Å². The molecule has 1 aliphatic rings. The van der Waals surface area contributed by atoms with E-state index in [4.69, 9.17) is 4.74 Å². The van der Waals surface area contributed by atoms with Crippen LogP contribution in [0.15, 0.2) is 29.3 Å². The van der Waals surface area contributed by atoms with E-state index in [0.29, 0.717) is 25.5 Å². The molecule has 0 radical (unpaired) electrons. The van der Waals surface area contributed by atoms with E-state index >= 15 is 0 Å². The molecule has 1 heterocycles. The summed E-state index contributed by atoms with van der Waals surface area (Å²) in [6.07, 6.45) is 0.631. The molecule has 26 heavy (non-hydrogen) atoms. The molecule has 1 atom stereocenters. The van der Waals surface area contributed by atoms with Gasteiger partial charge in [0.1, 0.15) is 0 Å². The van der Waals surface area contributed by atoms with Gasteiger partial charge in [-0.25, -0.2) is 13.4 Å². The van der Waals surface area contributed by atoms with Gasteiger partial charge in [0.2, 0.25) is 0 Å². The van der Waals surface area contributed by atoms with Crippen LogP contribution >= 0.6 is 0 Å². The van der Waals surface area contributed by atoms with Crippen molar-refractivity contribution in [1.29, 1.82) is 0 Å². The van der Waals surface area contributed by atoms with Crippen LogP contribution in [0.3, 0.4) is 0 Å². The average molecular weight is 382 g/mol. The number of guanidine groups is 1. The molecule has 0 spiro atoms. The predicted molar refractivity (Wildman–Crippen MR) is 106 cm³/mol. The summed E-state index contributed by atoms with van der Waals surface area (Å²) in [5.41, 5.74) is 2.04. The number of rotatable bonds is 6. The fourth-order valence-electron chi connectivity index (χ4n) is 2.71. The molecule has 1 aromatic carbocycles. The van der Waals surface area contributed by atoms with Crippen LogP contribution in [0.1, 0.15) is 45.2 Å².